The molecule has 0 aliphatic carbocycles. The van der Waals surface area contributed by atoms with Gasteiger partial charge in [0.2, 0.25) is 5.91 Å². The summed E-state index contributed by atoms with van der Waals surface area (Å²) in [5.41, 5.74) is -3.47. The van der Waals surface area contributed by atoms with Crippen LogP contribution < -0.4 is 5.32 Å². The molecule has 10 heteroatoms. The van der Waals surface area contributed by atoms with Crippen LogP contribution in [0.4, 0.5) is 30.7 Å². The average molecular weight is 504 g/mol. The SMILES string of the molecule is Cc1cc(F)ccc1[C@@H]1CNCC[C@H]1N(C)C(=O)C(C)(C)c1cc(C(F)(F)F)cc(C(F)(F)F)c1. The second-order valence-electron chi connectivity index (χ2n) is 9.50. The van der Waals surface area contributed by atoms with Crippen LogP contribution in [-0.2, 0) is 22.6 Å². The Morgan fingerprint density at radius 1 is 0.943 bits per heavy atom. The molecule has 1 heterocycles. The van der Waals surface area contributed by atoms with Crippen LogP contribution in [0.1, 0.15) is 54.0 Å². The van der Waals surface area contributed by atoms with Gasteiger partial charge in [-0.15, -0.1) is 0 Å². The minimum Gasteiger partial charge on any atom is -0.341 e. The fourth-order valence-corrected chi connectivity index (χ4v) is 4.71. The number of halogens is 7. The van der Waals surface area contributed by atoms with Crippen LogP contribution in [0.25, 0.3) is 0 Å². The fourth-order valence-electron chi connectivity index (χ4n) is 4.71. The maximum absolute atomic E-state index is 13.6. The molecular weight excluding hydrogens is 477 g/mol. The molecule has 0 saturated carbocycles. The minimum absolute atomic E-state index is 0.0495. The van der Waals surface area contributed by atoms with Gasteiger partial charge in [0.15, 0.2) is 0 Å². The minimum atomic E-state index is -5.01. The molecule has 0 radical (unpaired) electrons. The summed E-state index contributed by atoms with van der Waals surface area (Å²) in [6.45, 7) is 5.44. The first-order valence-corrected chi connectivity index (χ1v) is 11.1. The summed E-state index contributed by atoms with van der Waals surface area (Å²) < 4.78 is 93.9. The second-order valence-corrected chi connectivity index (χ2v) is 9.50. The molecule has 2 aromatic carbocycles. The molecule has 35 heavy (non-hydrogen) atoms. The van der Waals surface area contributed by atoms with E-state index in [1.807, 2.05) is 0 Å². The molecule has 192 valence electrons. The van der Waals surface area contributed by atoms with Crippen molar-refractivity contribution in [2.75, 3.05) is 20.1 Å². The van der Waals surface area contributed by atoms with Crippen LogP contribution in [0.2, 0.25) is 0 Å². The van der Waals surface area contributed by atoms with Crippen molar-refractivity contribution in [2.24, 2.45) is 0 Å². The van der Waals surface area contributed by atoms with Crippen LogP contribution in [0.15, 0.2) is 36.4 Å². The highest BCUT2D eigenvalue weighted by atomic mass is 19.4. The highest BCUT2D eigenvalue weighted by Crippen LogP contribution is 2.40. The van der Waals surface area contributed by atoms with Crippen molar-refractivity contribution in [3.05, 3.63) is 70.0 Å². The number of likely N-dealkylation sites (N-methyl/N-ethyl adjacent to an activating group) is 1. The highest BCUT2D eigenvalue weighted by molar-refractivity contribution is 5.87. The number of amides is 1. The Balaban J connectivity index is 2.00. The number of hydrogen-bond acceptors (Lipinski definition) is 2. The van der Waals surface area contributed by atoms with E-state index in [9.17, 15) is 35.5 Å². The largest absolute Gasteiger partial charge is 0.416 e. The predicted molar refractivity (Wildman–Crippen MR) is 117 cm³/mol. The maximum Gasteiger partial charge on any atom is 0.416 e. The van der Waals surface area contributed by atoms with E-state index >= 15 is 0 Å². The quantitative estimate of drug-likeness (QED) is 0.514. The van der Waals surface area contributed by atoms with Crippen LogP contribution in [0.5, 0.6) is 0 Å². The van der Waals surface area contributed by atoms with Gasteiger partial charge >= 0.3 is 12.4 Å². The van der Waals surface area contributed by atoms with Gasteiger partial charge in [-0.05, 0) is 80.8 Å². The Labute approximate surface area is 199 Å². The Bertz CT molecular complexity index is 1060. The van der Waals surface area contributed by atoms with Crippen molar-refractivity contribution in [1.82, 2.24) is 10.2 Å². The summed E-state index contributed by atoms with van der Waals surface area (Å²) in [6.07, 6.45) is -9.52. The van der Waals surface area contributed by atoms with E-state index in [2.05, 4.69) is 5.32 Å². The fraction of sp³-hybridized carbons (Fsp3) is 0.480. The molecule has 1 fully saturated rings. The van der Waals surface area contributed by atoms with E-state index in [-0.39, 0.29) is 23.6 Å². The van der Waals surface area contributed by atoms with E-state index in [0.29, 0.717) is 37.2 Å². The van der Waals surface area contributed by atoms with E-state index in [1.165, 1.54) is 37.9 Å². The lowest BCUT2D eigenvalue weighted by atomic mass is 9.79. The lowest BCUT2D eigenvalue weighted by Crippen LogP contribution is -2.53. The van der Waals surface area contributed by atoms with E-state index < -0.39 is 40.6 Å². The monoisotopic (exact) mass is 504 g/mol. The number of rotatable bonds is 4. The normalized spacial score (nSPS) is 19.5. The topological polar surface area (TPSA) is 32.3 Å². The van der Waals surface area contributed by atoms with E-state index in [1.54, 1.807) is 13.0 Å². The highest BCUT2D eigenvalue weighted by Gasteiger charge is 2.43. The number of piperidine rings is 1. The number of alkyl halides is 6. The first kappa shape index (κ1) is 27.0. The van der Waals surface area contributed by atoms with Crippen LogP contribution >= 0.6 is 0 Å². The lowest BCUT2D eigenvalue weighted by Gasteiger charge is -2.42. The van der Waals surface area contributed by atoms with Crippen molar-refractivity contribution in [3.8, 4) is 0 Å². The Morgan fingerprint density at radius 3 is 2.00 bits per heavy atom. The van der Waals surface area contributed by atoms with Gasteiger partial charge in [0.1, 0.15) is 5.82 Å². The van der Waals surface area contributed by atoms with E-state index in [0.717, 1.165) is 5.56 Å². The lowest BCUT2D eigenvalue weighted by molar-refractivity contribution is -0.144. The molecule has 2 atom stereocenters. The summed E-state index contributed by atoms with van der Waals surface area (Å²) in [6, 6.07) is 5.21. The van der Waals surface area contributed by atoms with Gasteiger partial charge in [-0.25, -0.2) is 4.39 Å². The maximum atomic E-state index is 13.6. The molecule has 1 amide bonds. The summed E-state index contributed by atoms with van der Waals surface area (Å²) in [4.78, 5) is 15.0. The summed E-state index contributed by atoms with van der Waals surface area (Å²) >= 11 is 0. The van der Waals surface area contributed by atoms with Crippen LogP contribution in [-0.4, -0.2) is 37.0 Å². The zero-order valence-electron chi connectivity index (χ0n) is 19.7. The van der Waals surface area contributed by atoms with Gasteiger partial charge in [-0.2, -0.15) is 26.3 Å². The first-order valence-electron chi connectivity index (χ1n) is 11.1. The van der Waals surface area contributed by atoms with Crippen molar-refractivity contribution < 1.29 is 35.5 Å². The number of carbonyl (C=O) groups is 1. The first-order chi connectivity index (χ1) is 16.0. The number of nitrogens with zero attached hydrogens (tertiary/aromatic N) is 1. The molecule has 1 aliphatic heterocycles. The zero-order valence-corrected chi connectivity index (χ0v) is 19.7. The van der Waals surface area contributed by atoms with Crippen molar-refractivity contribution in [2.45, 2.75) is 56.9 Å². The number of benzene rings is 2. The molecule has 1 saturated heterocycles. The summed E-state index contributed by atoms with van der Waals surface area (Å²) in [5, 5.41) is 3.24. The standard InChI is InChI=1S/C25H27F7N2O/c1-14-9-18(26)5-6-19(14)20-13-33-8-7-21(20)34(4)22(35)23(2,3)15-10-16(24(27,28)29)12-17(11-15)25(30,31)32/h5-6,9-12,20-21,33H,7-8,13H2,1-4H3/t20-,21+/m0/s1. The molecule has 0 bridgehead atoms. The molecular formula is C25H27F7N2O. The molecule has 1 N–H and O–H groups in total. The van der Waals surface area contributed by atoms with Gasteiger partial charge in [0.25, 0.3) is 0 Å². The average Bonchev–Trinajstić information content (AvgIpc) is 2.76. The summed E-state index contributed by atoms with van der Waals surface area (Å²) in [5.74, 6) is -1.25. The molecule has 3 rings (SSSR count). The van der Waals surface area contributed by atoms with Crippen molar-refractivity contribution >= 4 is 5.91 Å². The Kier molecular flexibility index (Phi) is 7.28. The van der Waals surface area contributed by atoms with Gasteiger partial charge in [-0.3, -0.25) is 4.79 Å². The summed E-state index contributed by atoms with van der Waals surface area (Å²) in [7, 11) is 1.50. The smallest absolute Gasteiger partial charge is 0.341 e. The third kappa shape index (κ3) is 5.63. The number of carbonyl (C=O) groups excluding carboxylic acids is 1. The third-order valence-corrected chi connectivity index (χ3v) is 6.74. The van der Waals surface area contributed by atoms with Gasteiger partial charge < -0.3 is 10.2 Å². The third-order valence-electron chi connectivity index (χ3n) is 6.74. The number of nitrogens with one attached hydrogen (secondary N) is 1. The van der Waals surface area contributed by atoms with Crippen LogP contribution in [0, 0.1) is 12.7 Å². The number of hydrogen-bond donors (Lipinski definition) is 1. The molecule has 3 nitrogen and oxygen atoms in total. The Hall–Kier alpha value is -2.62. The Morgan fingerprint density at radius 2 is 1.49 bits per heavy atom. The van der Waals surface area contributed by atoms with Crippen molar-refractivity contribution in [1.29, 1.82) is 0 Å². The molecule has 0 unspecified atom stereocenters. The van der Waals surface area contributed by atoms with Crippen LogP contribution in [0.3, 0.4) is 0 Å². The zero-order chi connectivity index (χ0) is 26.3. The second kappa shape index (κ2) is 9.44. The van der Waals surface area contributed by atoms with E-state index in [4.69, 9.17) is 0 Å². The van der Waals surface area contributed by atoms with Gasteiger partial charge in [0.05, 0.1) is 16.5 Å². The molecule has 0 aromatic heterocycles. The predicted octanol–water partition coefficient (Wildman–Crippen LogP) is 6.05. The van der Waals surface area contributed by atoms with Gasteiger partial charge in [-0.1, -0.05) is 6.07 Å². The number of aryl methyl sites for hydroxylation is 1. The van der Waals surface area contributed by atoms with Crippen molar-refractivity contribution in [3.63, 3.8) is 0 Å². The molecule has 0 spiro atoms. The molecule has 2 aromatic rings. The van der Waals surface area contributed by atoms with Gasteiger partial charge in [0, 0.05) is 25.6 Å². The molecule has 1 aliphatic rings.